The minimum Gasteiger partial charge on any atom is -0.492 e. The number of ether oxygens (including phenoxy) is 1. The lowest BCUT2D eigenvalue weighted by Crippen LogP contribution is -2.35. The molecule has 1 aliphatic rings. The molecular formula is C24H30N4O4S. The van der Waals surface area contributed by atoms with E-state index in [0.29, 0.717) is 37.6 Å². The van der Waals surface area contributed by atoms with Crippen molar-refractivity contribution in [3.05, 3.63) is 48.3 Å². The number of piperidine rings is 1. The summed E-state index contributed by atoms with van der Waals surface area (Å²) < 4.78 is 35.7. The number of hydrogen-bond donors (Lipinski definition) is 1. The minimum atomic E-state index is -3.72. The number of fused-ring (bicyclic) bond motifs is 1. The lowest BCUT2D eigenvalue weighted by atomic mass is 10.2. The molecule has 2 heterocycles. The highest BCUT2D eigenvalue weighted by Gasteiger charge is 2.29. The van der Waals surface area contributed by atoms with Crippen LogP contribution in [0, 0.1) is 0 Å². The molecule has 176 valence electrons. The molecule has 0 aliphatic carbocycles. The van der Waals surface area contributed by atoms with Crippen molar-refractivity contribution in [3.63, 3.8) is 0 Å². The van der Waals surface area contributed by atoms with E-state index in [9.17, 15) is 13.2 Å². The molecule has 0 radical (unpaired) electrons. The highest BCUT2D eigenvalue weighted by Crippen LogP contribution is 2.31. The van der Waals surface area contributed by atoms with Crippen molar-refractivity contribution in [2.24, 2.45) is 0 Å². The van der Waals surface area contributed by atoms with Crippen LogP contribution in [0.2, 0.25) is 0 Å². The molecule has 3 aromatic rings. The van der Waals surface area contributed by atoms with Crippen LogP contribution in [0.4, 0.5) is 5.69 Å². The number of carbonyl (C=O) groups excluding carboxylic acids is 1. The summed E-state index contributed by atoms with van der Waals surface area (Å²) in [5.41, 5.74) is 2.16. The molecule has 0 saturated carbocycles. The maximum absolute atomic E-state index is 13.3. The Morgan fingerprint density at radius 3 is 2.58 bits per heavy atom. The van der Waals surface area contributed by atoms with E-state index in [4.69, 9.17) is 4.74 Å². The number of benzene rings is 2. The molecule has 4 rings (SSSR count). The number of nitrogens with one attached hydrogen (secondary N) is 1. The van der Waals surface area contributed by atoms with E-state index in [1.165, 1.54) is 10.4 Å². The van der Waals surface area contributed by atoms with Gasteiger partial charge in [0.15, 0.2) is 0 Å². The molecule has 1 saturated heterocycles. The number of carbonyl (C=O) groups is 1. The van der Waals surface area contributed by atoms with E-state index in [-0.39, 0.29) is 17.3 Å². The molecule has 1 fully saturated rings. The second-order valence-electron chi connectivity index (χ2n) is 8.06. The molecule has 1 N–H and O–H groups in total. The van der Waals surface area contributed by atoms with Gasteiger partial charge in [-0.3, -0.25) is 4.79 Å². The van der Waals surface area contributed by atoms with Gasteiger partial charge in [-0.25, -0.2) is 13.4 Å². The second-order valence-corrected chi connectivity index (χ2v) is 9.97. The zero-order valence-electron chi connectivity index (χ0n) is 19.1. The molecule has 1 aromatic heterocycles. The van der Waals surface area contributed by atoms with Gasteiger partial charge in [0, 0.05) is 25.2 Å². The Kier molecular flexibility index (Phi) is 6.99. The first-order valence-electron chi connectivity index (χ1n) is 11.4. The molecule has 1 aliphatic heterocycles. The molecule has 0 unspecified atom stereocenters. The average Bonchev–Trinajstić information content (AvgIpc) is 3.18. The van der Waals surface area contributed by atoms with Crippen LogP contribution in [-0.2, 0) is 27.8 Å². The van der Waals surface area contributed by atoms with E-state index in [0.717, 1.165) is 36.1 Å². The van der Waals surface area contributed by atoms with Gasteiger partial charge < -0.3 is 14.6 Å². The minimum absolute atomic E-state index is 0.0884. The van der Waals surface area contributed by atoms with Crippen LogP contribution in [0.15, 0.2) is 47.4 Å². The number of para-hydroxylation sites is 2. The highest BCUT2D eigenvalue weighted by molar-refractivity contribution is 7.89. The Bertz CT molecular complexity index is 1250. The summed E-state index contributed by atoms with van der Waals surface area (Å²) in [6.45, 7) is 5.25. The molecule has 1 amide bonds. The third-order valence-electron chi connectivity index (χ3n) is 5.81. The first kappa shape index (κ1) is 23.3. The molecule has 9 heteroatoms. The van der Waals surface area contributed by atoms with Gasteiger partial charge >= 0.3 is 0 Å². The number of anilines is 1. The number of sulfonamides is 1. The Balaban J connectivity index is 1.60. The number of aryl methyl sites for hydroxylation is 1. The summed E-state index contributed by atoms with van der Waals surface area (Å²) in [4.78, 5) is 17.6. The molecular weight excluding hydrogens is 440 g/mol. The number of imidazole rings is 1. The number of nitrogens with zero attached hydrogens (tertiary/aromatic N) is 3. The smallest absolute Gasteiger partial charge is 0.246 e. The van der Waals surface area contributed by atoms with Crippen LogP contribution in [0.5, 0.6) is 5.75 Å². The Morgan fingerprint density at radius 2 is 1.85 bits per heavy atom. The van der Waals surface area contributed by atoms with Crippen LogP contribution in [0.1, 0.15) is 38.9 Å². The molecule has 0 bridgehead atoms. The van der Waals surface area contributed by atoms with Crippen LogP contribution < -0.4 is 10.1 Å². The first-order chi connectivity index (χ1) is 15.9. The van der Waals surface area contributed by atoms with Gasteiger partial charge in [0.25, 0.3) is 0 Å². The van der Waals surface area contributed by atoms with Crippen LogP contribution in [0.3, 0.4) is 0 Å². The van der Waals surface area contributed by atoms with Gasteiger partial charge in [-0.15, -0.1) is 0 Å². The quantitative estimate of drug-likeness (QED) is 0.540. The van der Waals surface area contributed by atoms with Gasteiger partial charge in [0.05, 0.1) is 17.6 Å². The number of amides is 1. The molecule has 0 spiro atoms. The van der Waals surface area contributed by atoms with Gasteiger partial charge in [0.1, 0.15) is 23.0 Å². The lowest BCUT2D eigenvalue weighted by molar-refractivity contribution is -0.116. The summed E-state index contributed by atoms with van der Waals surface area (Å²) in [6, 6.07) is 12.5. The average molecular weight is 471 g/mol. The molecule has 0 atom stereocenters. The zero-order chi connectivity index (χ0) is 23.4. The second kappa shape index (κ2) is 9.93. The van der Waals surface area contributed by atoms with Crippen LogP contribution in [0.25, 0.3) is 11.0 Å². The number of aromatic nitrogens is 2. The topological polar surface area (TPSA) is 93.5 Å². The molecule has 33 heavy (non-hydrogen) atoms. The largest absolute Gasteiger partial charge is 0.492 e. The first-order valence-corrected chi connectivity index (χ1v) is 12.9. The standard InChI is InChI=1S/C24H30N4O4S/c1-3-23-26-19-10-6-7-11-20(19)28(23)17-24(29)25-18-12-13-21(32-4-2)22(16-18)33(30,31)27-14-8-5-9-15-27/h6-7,10-13,16H,3-5,8-9,14-15,17H2,1-2H3,(H,25,29). The van der Waals surface area contributed by atoms with E-state index in [2.05, 4.69) is 10.3 Å². The summed E-state index contributed by atoms with van der Waals surface area (Å²) in [7, 11) is -3.72. The van der Waals surface area contributed by atoms with E-state index < -0.39 is 10.0 Å². The summed E-state index contributed by atoms with van der Waals surface area (Å²) >= 11 is 0. The van der Waals surface area contributed by atoms with Crippen molar-refractivity contribution >= 4 is 32.7 Å². The third-order valence-corrected chi connectivity index (χ3v) is 7.73. The van der Waals surface area contributed by atoms with Gasteiger partial charge in [-0.1, -0.05) is 25.5 Å². The van der Waals surface area contributed by atoms with E-state index >= 15 is 0 Å². The SMILES string of the molecule is CCOc1ccc(NC(=O)Cn2c(CC)nc3ccccc32)cc1S(=O)(=O)N1CCCCC1. The maximum Gasteiger partial charge on any atom is 0.246 e. The van der Waals surface area contributed by atoms with Crippen molar-refractivity contribution in [1.29, 1.82) is 0 Å². The maximum atomic E-state index is 13.3. The van der Waals surface area contributed by atoms with E-state index in [1.54, 1.807) is 12.1 Å². The predicted octanol–water partition coefficient (Wildman–Crippen LogP) is 3.81. The van der Waals surface area contributed by atoms with E-state index in [1.807, 2.05) is 42.7 Å². The molecule has 8 nitrogen and oxygen atoms in total. The molecule has 2 aromatic carbocycles. The van der Waals surface area contributed by atoms with Crippen molar-refractivity contribution in [2.45, 2.75) is 51.0 Å². The Labute approximate surface area is 194 Å². The fourth-order valence-electron chi connectivity index (χ4n) is 4.22. The Morgan fingerprint density at radius 1 is 1.09 bits per heavy atom. The zero-order valence-corrected chi connectivity index (χ0v) is 19.9. The summed E-state index contributed by atoms with van der Waals surface area (Å²) in [6.07, 6.45) is 3.42. The number of hydrogen-bond acceptors (Lipinski definition) is 5. The highest BCUT2D eigenvalue weighted by atomic mass is 32.2. The van der Waals surface area contributed by atoms with Crippen molar-refractivity contribution in [2.75, 3.05) is 25.0 Å². The third kappa shape index (κ3) is 4.89. The van der Waals surface area contributed by atoms with Crippen LogP contribution in [-0.4, -0.2) is 47.9 Å². The van der Waals surface area contributed by atoms with Gasteiger partial charge in [-0.05, 0) is 50.1 Å². The number of rotatable bonds is 8. The van der Waals surface area contributed by atoms with Gasteiger partial charge in [-0.2, -0.15) is 4.31 Å². The van der Waals surface area contributed by atoms with Gasteiger partial charge in [0.2, 0.25) is 15.9 Å². The fourth-order valence-corrected chi connectivity index (χ4v) is 5.90. The van der Waals surface area contributed by atoms with Crippen molar-refractivity contribution in [1.82, 2.24) is 13.9 Å². The normalized spacial score (nSPS) is 15.0. The van der Waals surface area contributed by atoms with Crippen molar-refractivity contribution < 1.29 is 17.9 Å². The fraction of sp³-hybridized carbons (Fsp3) is 0.417. The predicted molar refractivity (Wildman–Crippen MR) is 128 cm³/mol. The lowest BCUT2D eigenvalue weighted by Gasteiger charge is -2.27. The summed E-state index contributed by atoms with van der Waals surface area (Å²) in [5, 5.41) is 2.85. The summed E-state index contributed by atoms with van der Waals surface area (Å²) in [5.74, 6) is 0.875. The monoisotopic (exact) mass is 470 g/mol. The van der Waals surface area contributed by atoms with Crippen molar-refractivity contribution in [3.8, 4) is 5.75 Å². The van der Waals surface area contributed by atoms with Crippen LogP contribution >= 0.6 is 0 Å². The Hall–Kier alpha value is -2.91.